The smallest absolute Gasteiger partial charge is 0.336 e. The number of methoxy groups -OCH3 is 1. The third-order valence-corrected chi connectivity index (χ3v) is 3.83. The Morgan fingerprint density at radius 1 is 1.19 bits per heavy atom. The molecule has 0 aliphatic heterocycles. The Balaban J connectivity index is 1.92. The molecule has 0 atom stereocenters. The van der Waals surface area contributed by atoms with E-state index >= 15 is 0 Å². The van der Waals surface area contributed by atoms with Crippen LogP contribution in [-0.4, -0.2) is 13.0 Å². The number of nitrogens with one attached hydrogen (secondary N) is 1. The van der Waals surface area contributed by atoms with Gasteiger partial charge in [0.1, 0.15) is 12.2 Å². The number of carbonyl (C=O) groups excluding carboxylic acids is 1. The number of hydrogen-bond donors (Lipinski definition) is 1. The number of carbonyl (C=O) groups is 1. The second kappa shape index (κ2) is 7.62. The van der Waals surface area contributed by atoms with Crippen molar-refractivity contribution in [3.8, 4) is 17.6 Å². The fourth-order valence-electron chi connectivity index (χ4n) is 2.64. The zero-order valence-corrected chi connectivity index (χ0v) is 14.7. The van der Waals surface area contributed by atoms with Crippen LogP contribution in [-0.2, 0) is 11.4 Å². The molecule has 0 aliphatic rings. The molecule has 2 aromatic carbocycles. The molecule has 1 aromatic heterocycles. The van der Waals surface area contributed by atoms with Crippen molar-refractivity contribution in [1.82, 2.24) is 0 Å². The van der Waals surface area contributed by atoms with Gasteiger partial charge in [-0.05, 0) is 24.3 Å². The molecule has 0 saturated carbocycles. The van der Waals surface area contributed by atoms with Crippen LogP contribution in [0.2, 0.25) is 0 Å². The largest absolute Gasteiger partial charge is 0.493 e. The van der Waals surface area contributed by atoms with E-state index in [1.54, 1.807) is 36.4 Å². The fourth-order valence-corrected chi connectivity index (χ4v) is 2.64. The zero-order valence-electron chi connectivity index (χ0n) is 14.7. The summed E-state index contributed by atoms with van der Waals surface area (Å²) in [5.74, 6) is 0.658. The maximum Gasteiger partial charge on any atom is 0.336 e. The van der Waals surface area contributed by atoms with Crippen molar-refractivity contribution >= 4 is 22.6 Å². The average molecular weight is 364 g/mol. The first kappa shape index (κ1) is 18.0. The van der Waals surface area contributed by atoms with Crippen LogP contribution in [0.5, 0.6) is 11.5 Å². The van der Waals surface area contributed by atoms with Gasteiger partial charge in [0.05, 0.1) is 18.7 Å². The van der Waals surface area contributed by atoms with E-state index in [-0.39, 0.29) is 12.5 Å². The van der Waals surface area contributed by atoms with Gasteiger partial charge >= 0.3 is 5.63 Å². The molecule has 27 heavy (non-hydrogen) atoms. The van der Waals surface area contributed by atoms with Crippen molar-refractivity contribution in [2.45, 2.75) is 13.5 Å². The molecule has 7 nitrogen and oxygen atoms in total. The molecule has 0 radical (unpaired) electrons. The third kappa shape index (κ3) is 4.07. The summed E-state index contributed by atoms with van der Waals surface area (Å²) in [4.78, 5) is 23.1. The zero-order chi connectivity index (χ0) is 19.4. The Morgan fingerprint density at radius 3 is 2.70 bits per heavy atom. The van der Waals surface area contributed by atoms with Gasteiger partial charge in [-0.2, -0.15) is 5.26 Å². The Kier molecular flexibility index (Phi) is 5.08. The SMILES string of the molecule is COc1cc(C#N)ccc1OCc1cc(=O)oc2cc(NC(C)=O)ccc12. The lowest BCUT2D eigenvalue weighted by molar-refractivity contribution is -0.114. The molecule has 1 N–H and O–H groups in total. The van der Waals surface area contributed by atoms with Crippen LogP contribution in [0.25, 0.3) is 11.0 Å². The second-order valence-electron chi connectivity index (χ2n) is 5.75. The minimum absolute atomic E-state index is 0.101. The van der Waals surface area contributed by atoms with E-state index in [0.717, 1.165) is 0 Å². The summed E-state index contributed by atoms with van der Waals surface area (Å²) in [7, 11) is 1.49. The van der Waals surface area contributed by atoms with E-state index < -0.39 is 5.63 Å². The van der Waals surface area contributed by atoms with Crippen LogP contribution in [0, 0.1) is 11.3 Å². The highest BCUT2D eigenvalue weighted by Crippen LogP contribution is 2.29. The van der Waals surface area contributed by atoms with Gasteiger partial charge in [0.25, 0.3) is 0 Å². The number of ether oxygens (including phenoxy) is 2. The van der Waals surface area contributed by atoms with Crippen LogP contribution in [0.15, 0.2) is 51.7 Å². The monoisotopic (exact) mass is 364 g/mol. The lowest BCUT2D eigenvalue weighted by Crippen LogP contribution is -2.07. The topological polar surface area (TPSA) is 102 Å². The van der Waals surface area contributed by atoms with Crippen LogP contribution in [0.3, 0.4) is 0 Å². The van der Waals surface area contributed by atoms with Gasteiger partial charge in [0, 0.05) is 41.8 Å². The minimum atomic E-state index is -0.520. The van der Waals surface area contributed by atoms with Gasteiger partial charge in [-0.15, -0.1) is 0 Å². The van der Waals surface area contributed by atoms with Crippen molar-refractivity contribution in [2.24, 2.45) is 0 Å². The normalized spacial score (nSPS) is 10.3. The van der Waals surface area contributed by atoms with Crippen molar-refractivity contribution in [3.05, 3.63) is 64.0 Å². The number of benzene rings is 2. The van der Waals surface area contributed by atoms with Crippen molar-refractivity contribution in [1.29, 1.82) is 5.26 Å². The van der Waals surface area contributed by atoms with Crippen molar-refractivity contribution in [3.63, 3.8) is 0 Å². The third-order valence-electron chi connectivity index (χ3n) is 3.83. The Bertz CT molecular complexity index is 1110. The highest BCUT2D eigenvalue weighted by molar-refractivity contribution is 5.92. The van der Waals surface area contributed by atoms with Gasteiger partial charge < -0.3 is 19.2 Å². The number of nitrogens with zero attached hydrogens (tertiary/aromatic N) is 1. The summed E-state index contributed by atoms with van der Waals surface area (Å²) in [5.41, 5.74) is 1.44. The van der Waals surface area contributed by atoms with Gasteiger partial charge in [0.15, 0.2) is 11.5 Å². The highest BCUT2D eigenvalue weighted by atomic mass is 16.5. The molecule has 0 bridgehead atoms. The maximum absolute atomic E-state index is 11.9. The molecule has 3 rings (SSSR count). The molecular weight excluding hydrogens is 348 g/mol. The van der Waals surface area contributed by atoms with Crippen molar-refractivity contribution < 1.29 is 18.7 Å². The predicted octanol–water partition coefficient (Wildman–Crippen LogP) is 3.21. The van der Waals surface area contributed by atoms with Gasteiger partial charge in [-0.3, -0.25) is 4.79 Å². The van der Waals surface area contributed by atoms with E-state index in [1.807, 2.05) is 6.07 Å². The van der Waals surface area contributed by atoms with Gasteiger partial charge in [-0.25, -0.2) is 4.79 Å². The first-order valence-corrected chi connectivity index (χ1v) is 8.05. The van der Waals surface area contributed by atoms with Crippen LogP contribution in [0.1, 0.15) is 18.1 Å². The molecule has 0 spiro atoms. The van der Waals surface area contributed by atoms with Crippen LogP contribution < -0.4 is 20.4 Å². The highest BCUT2D eigenvalue weighted by Gasteiger charge is 2.11. The number of hydrogen-bond acceptors (Lipinski definition) is 6. The summed E-state index contributed by atoms with van der Waals surface area (Å²) in [6.07, 6.45) is 0. The minimum Gasteiger partial charge on any atom is -0.493 e. The Labute approximate surface area is 154 Å². The van der Waals surface area contributed by atoms with Gasteiger partial charge in [-0.1, -0.05) is 0 Å². The summed E-state index contributed by atoms with van der Waals surface area (Å²) >= 11 is 0. The molecule has 0 aliphatic carbocycles. The number of nitriles is 1. The molecule has 0 unspecified atom stereocenters. The first-order valence-electron chi connectivity index (χ1n) is 8.05. The summed E-state index contributed by atoms with van der Waals surface area (Å²) in [5, 5.41) is 12.3. The summed E-state index contributed by atoms with van der Waals surface area (Å²) < 4.78 is 16.3. The fraction of sp³-hybridized carbons (Fsp3) is 0.150. The number of rotatable bonds is 5. The van der Waals surface area contributed by atoms with E-state index in [1.165, 1.54) is 20.1 Å². The van der Waals surface area contributed by atoms with E-state index in [0.29, 0.717) is 39.3 Å². The molecule has 0 fully saturated rings. The van der Waals surface area contributed by atoms with E-state index in [2.05, 4.69) is 5.32 Å². The van der Waals surface area contributed by atoms with E-state index in [9.17, 15) is 9.59 Å². The van der Waals surface area contributed by atoms with E-state index in [4.69, 9.17) is 19.2 Å². The maximum atomic E-state index is 11.9. The van der Waals surface area contributed by atoms with Gasteiger partial charge in [0.2, 0.25) is 5.91 Å². The molecule has 1 heterocycles. The Hall–Kier alpha value is -3.79. The van der Waals surface area contributed by atoms with Crippen molar-refractivity contribution in [2.75, 3.05) is 12.4 Å². The van der Waals surface area contributed by atoms with Crippen LogP contribution in [0.4, 0.5) is 5.69 Å². The molecular formula is C20H16N2O5. The quantitative estimate of drug-likeness (QED) is 0.698. The number of anilines is 1. The lowest BCUT2D eigenvalue weighted by Gasteiger charge is -2.12. The molecule has 1 amide bonds. The predicted molar refractivity (Wildman–Crippen MR) is 98.8 cm³/mol. The average Bonchev–Trinajstić information content (AvgIpc) is 2.65. The second-order valence-corrected chi connectivity index (χ2v) is 5.75. The van der Waals surface area contributed by atoms with Crippen LogP contribution >= 0.6 is 0 Å². The summed E-state index contributed by atoms with van der Waals surface area (Å²) in [6, 6.07) is 13.3. The lowest BCUT2D eigenvalue weighted by atomic mass is 10.1. The number of fused-ring (bicyclic) bond motifs is 1. The molecule has 7 heteroatoms. The number of amides is 1. The molecule has 3 aromatic rings. The standard InChI is InChI=1S/C20H16N2O5/c1-12(23)22-15-4-5-16-14(8-20(24)27-18(16)9-15)11-26-17-6-3-13(10-21)7-19(17)25-2/h3-9H,11H2,1-2H3,(H,22,23). The molecule has 136 valence electrons. The molecule has 0 saturated heterocycles. The first-order chi connectivity index (χ1) is 13.0. The summed E-state index contributed by atoms with van der Waals surface area (Å²) in [6.45, 7) is 1.50. The Morgan fingerprint density at radius 2 is 2.00 bits per heavy atom.